The van der Waals surface area contributed by atoms with Gasteiger partial charge in [-0.25, -0.2) is 4.98 Å². The van der Waals surface area contributed by atoms with E-state index < -0.39 is 0 Å². The number of hydrogen-bond donors (Lipinski definition) is 2. The number of hydrogen-bond acceptors (Lipinski definition) is 7. The second kappa shape index (κ2) is 8.67. The van der Waals surface area contributed by atoms with Gasteiger partial charge in [0.1, 0.15) is 11.6 Å². The number of aromatic nitrogens is 2. The standard InChI is InChI=1S/C21H21ClN4OS2/c1-12(23)10-16-17(13-5-7-14(27-2)8-6-13)18-19(29-16)20(26-21(22)25-18)24-11-15-4-3-9-28-15/h3-9,12H,10-11,23H2,1-2H3,(H,24,25,26)/t12-/m0/s1. The summed E-state index contributed by atoms with van der Waals surface area (Å²) in [5.41, 5.74) is 9.12. The van der Waals surface area contributed by atoms with E-state index in [0.29, 0.717) is 6.54 Å². The van der Waals surface area contributed by atoms with Crippen LogP contribution in [0, 0.1) is 0 Å². The second-order valence-electron chi connectivity index (χ2n) is 6.76. The third kappa shape index (κ3) is 4.38. The number of fused-ring (bicyclic) bond motifs is 1. The molecule has 3 aromatic heterocycles. The van der Waals surface area contributed by atoms with Crippen LogP contribution in [0.25, 0.3) is 21.3 Å². The molecule has 29 heavy (non-hydrogen) atoms. The SMILES string of the molecule is COc1ccc(-c2c(C[C@H](C)N)sc3c(NCc4cccs4)nc(Cl)nc23)cc1. The lowest BCUT2D eigenvalue weighted by atomic mass is 10.0. The highest BCUT2D eigenvalue weighted by molar-refractivity contribution is 7.20. The summed E-state index contributed by atoms with van der Waals surface area (Å²) in [5.74, 6) is 1.57. The minimum absolute atomic E-state index is 0.0334. The average molecular weight is 445 g/mol. The molecule has 0 radical (unpaired) electrons. The van der Waals surface area contributed by atoms with Crippen LogP contribution in [0.4, 0.5) is 5.82 Å². The Morgan fingerprint density at radius 2 is 2.00 bits per heavy atom. The maximum Gasteiger partial charge on any atom is 0.224 e. The van der Waals surface area contributed by atoms with Crippen molar-refractivity contribution in [3.8, 4) is 16.9 Å². The molecule has 3 heterocycles. The molecule has 4 rings (SSSR count). The van der Waals surface area contributed by atoms with Crippen LogP contribution in [0.15, 0.2) is 41.8 Å². The predicted molar refractivity (Wildman–Crippen MR) is 123 cm³/mol. The number of rotatable bonds is 7. The van der Waals surface area contributed by atoms with Gasteiger partial charge in [0.2, 0.25) is 5.28 Å². The molecule has 150 valence electrons. The van der Waals surface area contributed by atoms with Crippen molar-refractivity contribution in [3.63, 3.8) is 0 Å². The molecule has 1 aromatic carbocycles. The zero-order valence-corrected chi connectivity index (χ0v) is 18.5. The Balaban J connectivity index is 1.83. The second-order valence-corrected chi connectivity index (χ2v) is 9.24. The highest BCUT2D eigenvalue weighted by Gasteiger charge is 2.20. The maximum absolute atomic E-state index is 6.31. The average Bonchev–Trinajstić information content (AvgIpc) is 3.33. The van der Waals surface area contributed by atoms with Gasteiger partial charge in [-0.1, -0.05) is 18.2 Å². The minimum atomic E-state index is 0.0334. The van der Waals surface area contributed by atoms with Crippen molar-refractivity contribution < 1.29 is 4.74 Å². The lowest BCUT2D eigenvalue weighted by Crippen LogP contribution is -2.17. The molecule has 0 aliphatic rings. The first-order valence-corrected chi connectivity index (χ1v) is 11.3. The number of nitrogens with two attached hydrogens (primary N) is 1. The maximum atomic E-state index is 6.31. The van der Waals surface area contributed by atoms with Gasteiger partial charge in [-0.3, -0.25) is 0 Å². The fourth-order valence-electron chi connectivity index (χ4n) is 3.19. The van der Waals surface area contributed by atoms with Gasteiger partial charge in [0.15, 0.2) is 0 Å². The summed E-state index contributed by atoms with van der Waals surface area (Å²) in [7, 11) is 1.66. The largest absolute Gasteiger partial charge is 0.497 e. The Kier molecular flexibility index (Phi) is 6.01. The molecule has 0 saturated heterocycles. The van der Waals surface area contributed by atoms with Gasteiger partial charge in [0, 0.05) is 21.4 Å². The van der Waals surface area contributed by atoms with Crippen molar-refractivity contribution in [1.29, 1.82) is 0 Å². The first-order chi connectivity index (χ1) is 14.0. The highest BCUT2D eigenvalue weighted by Crippen LogP contribution is 2.42. The first kappa shape index (κ1) is 20.1. The molecule has 0 aliphatic carbocycles. The van der Waals surface area contributed by atoms with Crippen LogP contribution in [0.1, 0.15) is 16.7 Å². The summed E-state index contributed by atoms with van der Waals surface area (Å²) >= 11 is 9.69. The molecule has 0 bridgehead atoms. The van der Waals surface area contributed by atoms with E-state index in [1.807, 2.05) is 37.3 Å². The van der Waals surface area contributed by atoms with E-state index in [0.717, 1.165) is 39.3 Å². The van der Waals surface area contributed by atoms with Crippen LogP contribution < -0.4 is 15.8 Å². The number of benzene rings is 1. The van der Waals surface area contributed by atoms with Crippen LogP contribution in [0.3, 0.4) is 0 Å². The van der Waals surface area contributed by atoms with Gasteiger partial charge in [-0.05, 0) is 54.1 Å². The lowest BCUT2D eigenvalue weighted by Gasteiger charge is -2.08. The van der Waals surface area contributed by atoms with E-state index in [-0.39, 0.29) is 11.3 Å². The van der Waals surface area contributed by atoms with E-state index in [4.69, 9.17) is 22.1 Å². The Bertz CT molecular complexity index is 1110. The third-order valence-corrected chi connectivity index (χ3v) is 6.73. The van der Waals surface area contributed by atoms with Crippen LogP contribution in [0.5, 0.6) is 5.75 Å². The highest BCUT2D eigenvalue weighted by atomic mass is 35.5. The number of nitrogens with zero attached hydrogens (tertiary/aromatic N) is 2. The van der Waals surface area contributed by atoms with Crippen molar-refractivity contribution >= 4 is 50.3 Å². The molecular formula is C21H21ClN4OS2. The van der Waals surface area contributed by atoms with E-state index in [9.17, 15) is 0 Å². The minimum Gasteiger partial charge on any atom is -0.497 e. The third-order valence-electron chi connectivity index (χ3n) is 4.48. The summed E-state index contributed by atoms with van der Waals surface area (Å²) < 4.78 is 6.29. The molecule has 0 aliphatic heterocycles. The molecule has 3 N–H and O–H groups in total. The number of anilines is 1. The topological polar surface area (TPSA) is 73.1 Å². The van der Waals surface area contributed by atoms with Crippen LogP contribution in [-0.2, 0) is 13.0 Å². The van der Waals surface area contributed by atoms with Gasteiger partial charge in [0.25, 0.3) is 0 Å². The fraction of sp³-hybridized carbons (Fsp3) is 0.238. The van der Waals surface area contributed by atoms with E-state index in [1.165, 1.54) is 9.75 Å². The van der Waals surface area contributed by atoms with Crippen molar-refractivity contribution in [1.82, 2.24) is 9.97 Å². The number of halogens is 1. The van der Waals surface area contributed by atoms with E-state index >= 15 is 0 Å². The molecule has 0 spiro atoms. The first-order valence-electron chi connectivity index (χ1n) is 9.20. The number of ether oxygens (including phenoxy) is 1. The molecule has 0 saturated carbocycles. The van der Waals surface area contributed by atoms with Crippen molar-refractivity contribution in [2.45, 2.75) is 25.9 Å². The Hall–Kier alpha value is -2.19. The van der Waals surface area contributed by atoms with Crippen molar-refractivity contribution in [2.24, 2.45) is 5.73 Å². The molecule has 0 amide bonds. The Morgan fingerprint density at radius 3 is 2.66 bits per heavy atom. The van der Waals surface area contributed by atoms with Crippen LogP contribution in [0.2, 0.25) is 5.28 Å². The van der Waals surface area contributed by atoms with Gasteiger partial charge in [0.05, 0.1) is 23.9 Å². The van der Waals surface area contributed by atoms with Crippen molar-refractivity contribution in [2.75, 3.05) is 12.4 Å². The summed E-state index contributed by atoms with van der Waals surface area (Å²) in [6.45, 7) is 2.70. The summed E-state index contributed by atoms with van der Waals surface area (Å²) in [6, 6.07) is 12.2. The molecular weight excluding hydrogens is 424 g/mol. The van der Waals surface area contributed by atoms with Gasteiger partial charge >= 0.3 is 0 Å². The Morgan fingerprint density at radius 1 is 1.21 bits per heavy atom. The quantitative estimate of drug-likeness (QED) is 0.364. The summed E-state index contributed by atoms with van der Waals surface area (Å²) in [6.07, 6.45) is 0.754. The molecule has 8 heteroatoms. The normalized spacial score (nSPS) is 12.3. The smallest absolute Gasteiger partial charge is 0.224 e. The number of nitrogens with one attached hydrogen (secondary N) is 1. The van der Waals surface area contributed by atoms with Crippen molar-refractivity contribution in [3.05, 3.63) is 56.8 Å². The number of thiophene rings is 2. The van der Waals surface area contributed by atoms with Gasteiger partial charge in [-0.2, -0.15) is 4.98 Å². The van der Waals surface area contributed by atoms with Crippen LogP contribution in [-0.4, -0.2) is 23.1 Å². The molecule has 1 atom stereocenters. The summed E-state index contributed by atoms with van der Waals surface area (Å²) in [4.78, 5) is 11.5. The molecule has 4 aromatic rings. The Labute approximate surface area is 182 Å². The van der Waals surface area contributed by atoms with Gasteiger partial charge < -0.3 is 15.8 Å². The number of methoxy groups -OCH3 is 1. The molecule has 0 fully saturated rings. The molecule has 0 unspecified atom stereocenters. The predicted octanol–water partition coefficient (Wildman–Crippen LogP) is 5.58. The lowest BCUT2D eigenvalue weighted by molar-refractivity contribution is 0.415. The monoisotopic (exact) mass is 444 g/mol. The van der Waals surface area contributed by atoms with E-state index in [2.05, 4.69) is 26.7 Å². The van der Waals surface area contributed by atoms with Gasteiger partial charge in [-0.15, -0.1) is 22.7 Å². The summed E-state index contributed by atoms with van der Waals surface area (Å²) in [5, 5.41) is 5.72. The van der Waals surface area contributed by atoms with E-state index in [1.54, 1.807) is 29.8 Å². The zero-order valence-electron chi connectivity index (χ0n) is 16.1. The van der Waals surface area contributed by atoms with Crippen LogP contribution >= 0.6 is 34.3 Å². The molecule has 5 nitrogen and oxygen atoms in total. The zero-order chi connectivity index (χ0) is 20.4. The fourth-order valence-corrected chi connectivity index (χ4v) is 5.37.